The molecule has 2 aliphatic carbocycles. The summed E-state index contributed by atoms with van der Waals surface area (Å²) in [5.74, 6) is -3.84. The van der Waals surface area contributed by atoms with Gasteiger partial charge in [0.05, 0.1) is 25.5 Å². The number of primary amides is 3. The lowest BCUT2D eigenvalue weighted by atomic mass is 9.96. The molecule has 2 saturated carbocycles. The molecule has 0 radical (unpaired) electrons. The van der Waals surface area contributed by atoms with Crippen molar-refractivity contribution >= 4 is 131 Å². The summed E-state index contributed by atoms with van der Waals surface area (Å²) in [4.78, 5) is 95.3. The molecule has 6 atom stereocenters. The van der Waals surface area contributed by atoms with Crippen molar-refractivity contribution in [2.24, 2.45) is 29.0 Å². The van der Waals surface area contributed by atoms with Crippen molar-refractivity contribution in [2.75, 3.05) is 0 Å². The van der Waals surface area contributed by atoms with Crippen LogP contribution in [0.25, 0.3) is 22.3 Å². The SMILES string of the molecule is CC(C)(C)OC(=O)Cn1cc(Br)c(C(N)=O)n1.Cl.NC(=O)c1nn(CC(=O)N2[C@@H]3C[C@@H]3C[C@H]2C(=O)Cc2cccc(-c3ccccc3Cl)c2F)cc1Br.NC(=O)c1nn(CC(=O)O)cc1Br.O=C(Cc1cccc(-c2ccccc2Cl)c1F)[C@@H]1C[C@H]2C[C@H]2N1. The highest BCUT2D eigenvalue weighted by atomic mass is 79.9. The van der Waals surface area contributed by atoms with Crippen molar-refractivity contribution in [3.05, 3.63) is 167 Å². The minimum absolute atomic E-state index is 0. The van der Waals surface area contributed by atoms with E-state index in [0.29, 0.717) is 69.7 Å². The molecule has 4 aromatic carbocycles. The average molecular weight is 1480 g/mol. The number of Topliss-reactive ketones (excluding diaryl/α,β-unsaturated/α-hetero) is 2. The summed E-state index contributed by atoms with van der Waals surface area (Å²) in [5.41, 5.74) is 17.7. The zero-order chi connectivity index (χ0) is 64.1. The standard InChI is InChI=1S/C25H21BrClFN4O3.C19H17ClFNO.C10H14BrN3O3.C6H6BrN3O3.ClH/c26-17-11-31(30-24(17)25(29)35)12-22(34)32-19-8-14(19)9-20(32)21(33)10-13-4-3-6-16(23(13)28)15-5-1-2-7-18(15)27;20-15-7-2-1-5-13(15)14-6-3-4-11(19(14)21)10-18(23)17-9-12-8-16(12)22-17;1-10(2,3)17-7(15)5-14-4-6(11)8(13-14)9(12)16;7-3-1-10(2-4(11)12)9-5(3)6(8)13;/h1-7,11,14,19-20H,8-10,12H2,(H2,29,35);1-7,12,16-17,22H,8-10H2;4H,5H2,1-3H3,(H2,12,16);1H,2H2,(H2,8,13)(H,11,12);1H/t14-,19-,20+;12-,16-,17+;;;/m11.../s1. The Morgan fingerprint density at radius 1 is 0.607 bits per heavy atom. The number of nitrogens with two attached hydrogens (primary N) is 3. The minimum Gasteiger partial charge on any atom is -0.480 e. The molecule has 470 valence electrons. The Labute approximate surface area is 550 Å². The van der Waals surface area contributed by atoms with E-state index in [-0.39, 0.29) is 109 Å². The molecule has 3 aromatic heterocycles. The summed E-state index contributed by atoms with van der Waals surface area (Å²) in [7, 11) is 0. The summed E-state index contributed by atoms with van der Waals surface area (Å²) in [6.45, 7) is 4.83. The smallest absolute Gasteiger partial charge is 0.328 e. The zero-order valence-corrected chi connectivity index (χ0v) is 54.8. The number of ether oxygens (including phenoxy) is 1. The molecule has 11 rings (SSSR count). The van der Waals surface area contributed by atoms with Crippen molar-refractivity contribution in [1.82, 2.24) is 39.6 Å². The fourth-order valence-electron chi connectivity index (χ4n) is 10.3. The van der Waals surface area contributed by atoms with Crippen LogP contribution in [0.4, 0.5) is 8.78 Å². The predicted molar refractivity (Wildman–Crippen MR) is 338 cm³/mol. The number of rotatable bonds is 17. The maximum Gasteiger partial charge on any atom is 0.328 e. The Morgan fingerprint density at radius 2 is 1.04 bits per heavy atom. The Bertz CT molecular complexity index is 3870. The molecule has 4 fully saturated rings. The van der Waals surface area contributed by atoms with Crippen LogP contribution in [0, 0.1) is 23.5 Å². The van der Waals surface area contributed by atoms with Crippen LogP contribution in [0.5, 0.6) is 0 Å². The van der Waals surface area contributed by atoms with Crippen LogP contribution in [-0.2, 0) is 61.2 Å². The molecule has 5 heterocycles. The molecule has 29 heteroatoms. The highest BCUT2D eigenvalue weighted by molar-refractivity contribution is 9.11. The second kappa shape index (κ2) is 29.6. The van der Waals surface area contributed by atoms with E-state index in [9.17, 15) is 42.7 Å². The lowest BCUT2D eigenvalue weighted by Crippen LogP contribution is -2.45. The Hall–Kier alpha value is -7.20. The third kappa shape index (κ3) is 17.8. The van der Waals surface area contributed by atoms with Crippen molar-refractivity contribution in [1.29, 1.82) is 0 Å². The second-order valence-electron chi connectivity index (χ2n) is 22.1. The summed E-state index contributed by atoms with van der Waals surface area (Å²) in [5, 5.41) is 24.3. The van der Waals surface area contributed by atoms with E-state index >= 15 is 4.39 Å². The number of carbonyl (C=O) groups excluding carboxylic acids is 7. The number of aliphatic carboxylic acids is 1. The number of amides is 4. The highest BCUT2D eigenvalue weighted by Gasteiger charge is 2.55. The first kappa shape index (κ1) is 69.3. The molecule has 89 heavy (non-hydrogen) atoms. The second-order valence-corrected chi connectivity index (χ2v) is 25.5. The summed E-state index contributed by atoms with van der Waals surface area (Å²) in [6, 6.07) is 24.0. The lowest BCUT2D eigenvalue weighted by molar-refractivity contribution is -0.155. The molecule has 0 bridgehead atoms. The number of nitrogens with zero attached hydrogens (tertiary/aromatic N) is 7. The third-order valence-electron chi connectivity index (χ3n) is 14.4. The number of hydrogen-bond donors (Lipinski definition) is 5. The van der Waals surface area contributed by atoms with Gasteiger partial charge in [0.25, 0.3) is 17.7 Å². The average Bonchev–Trinajstić information content (AvgIpc) is 2.47. The number of hydrogen-bond acceptors (Lipinski definition) is 13. The molecule has 7 aromatic rings. The largest absolute Gasteiger partial charge is 0.480 e. The number of fused-ring (bicyclic) bond motifs is 2. The van der Waals surface area contributed by atoms with Crippen LogP contribution in [0.3, 0.4) is 0 Å². The van der Waals surface area contributed by atoms with E-state index in [1.165, 1.54) is 34.4 Å². The van der Waals surface area contributed by atoms with Gasteiger partial charge in [0, 0.05) is 75.8 Å². The van der Waals surface area contributed by atoms with Crippen LogP contribution in [0.1, 0.15) is 89.0 Å². The van der Waals surface area contributed by atoms with Gasteiger partial charge in [-0.25, -0.2) is 8.78 Å². The van der Waals surface area contributed by atoms with E-state index in [1.54, 1.807) is 98.5 Å². The number of ketones is 2. The van der Waals surface area contributed by atoms with Crippen LogP contribution in [0.2, 0.25) is 10.0 Å². The fraction of sp³-hybridized carbons (Fsp3) is 0.317. The van der Waals surface area contributed by atoms with Gasteiger partial charge >= 0.3 is 11.9 Å². The normalized spacial score (nSPS) is 18.2. The van der Waals surface area contributed by atoms with Gasteiger partial charge in [-0.05, 0) is 129 Å². The molecule has 2 aliphatic heterocycles. The van der Waals surface area contributed by atoms with Gasteiger partial charge in [0.1, 0.15) is 36.9 Å². The first-order valence-corrected chi connectivity index (χ1v) is 30.4. The van der Waals surface area contributed by atoms with Crippen LogP contribution in [-0.4, -0.2) is 116 Å². The number of piperidine rings is 2. The summed E-state index contributed by atoms with van der Waals surface area (Å²) in [6.07, 6.45) is 7.88. The van der Waals surface area contributed by atoms with E-state index in [4.69, 9.17) is 50.2 Å². The van der Waals surface area contributed by atoms with E-state index < -0.39 is 47.1 Å². The van der Waals surface area contributed by atoms with Crippen LogP contribution < -0.4 is 22.5 Å². The number of nitrogens with one attached hydrogen (secondary N) is 1. The topological polar surface area (TPSA) is 313 Å². The van der Waals surface area contributed by atoms with Crippen molar-refractivity contribution in [3.63, 3.8) is 0 Å². The Morgan fingerprint density at radius 3 is 1.46 bits per heavy atom. The predicted octanol–water partition coefficient (Wildman–Crippen LogP) is 9.35. The molecule has 4 amide bonds. The van der Waals surface area contributed by atoms with Gasteiger partial charge in [-0.1, -0.05) is 96.0 Å². The van der Waals surface area contributed by atoms with E-state index in [0.717, 1.165) is 17.5 Å². The van der Waals surface area contributed by atoms with E-state index in [1.807, 2.05) is 12.1 Å². The number of likely N-dealkylation sites (tertiary alicyclic amines) is 1. The van der Waals surface area contributed by atoms with Gasteiger partial charge in [-0.3, -0.25) is 52.4 Å². The molecular formula is C60H59Br3Cl3F2N11O10. The number of carboxylic acid groups (broad SMARTS) is 1. The number of esters is 1. The maximum atomic E-state index is 15.4. The number of carboxylic acids is 1. The van der Waals surface area contributed by atoms with Gasteiger partial charge in [-0.2, -0.15) is 15.3 Å². The number of benzene rings is 4. The maximum absolute atomic E-state index is 15.4. The van der Waals surface area contributed by atoms with E-state index in [2.05, 4.69) is 68.4 Å². The first-order chi connectivity index (χ1) is 41.6. The molecule has 0 spiro atoms. The van der Waals surface area contributed by atoms with Crippen LogP contribution >= 0.6 is 83.4 Å². The van der Waals surface area contributed by atoms with Gasteiger partial charge in [-0.15, -0.1) is 12.4 Å². The van der Waals surface area contributed by atoms with Gasteiger partial charge < -0.3 is 37.3 Å². The minimum atomic E-state index is -1.04. The summed E-state index contributed by atoms with van der Waals surface area (Å²) < 4.78 is 40.3. The van der Waals surface area contributed by atoms with Crippen molar-refractivity contribution < 1.29 is 57.0 Å². The van der Waals surface area contributed by atoms with Crippen molar-refractivity contribution in [2.45, 2.75) is 109 Å². The van der Waals surface area contributed by atoms with Crippen molar-refractivity contribution in [3.8, 4) is 22.3 Å². The van der Waals surface area contributed by atoms with Crippen LogP contribution in [0.15, 0.2) is 117 Å². The number of carbonyl (C=O) groups is 8. The molecule has 0 unspecified atom stereocenters. The fourth-order valence-corrected chi connectivity index (χ4v) is 12.3. The molecule has 21 nitrogen and oxygen atoms in total. The Kier molecular flexibility index (Phi) is 23.1. The quantitative estimate of drug-likeness (QED) is 0.0531. The molecule has 2 saturated heterocycles. The zero-order valence-electron chi connectivity index (χ0n) is 47.7. The molecule has 8 N–H and O–H groups in total. The number of halogens is 8. The van der Waals surface area contributed by atoms with Gasteiger partial charge in [0.2, 0.25) is 5.91 Å². The highest BCUT2D eigenvalue weighted by Crippen LogP contribution is 2.48. The van der Waals surface area contributed by atoms with Gasteiger partial charge in [0.15, 0.2) is 28.6 Å². The monoisotopic (exact) mass is 1470 g/mol. The number of aromatic nitrogens is 6. The molecular weight excluding hydrogens is 1420 g/mol. The lowest BCUT2D eigenvalue weighted by Gasteiger charge is -2.27. The first-order valence-electron chi connectivity index (χ1n) is 27.3. The summed E-state index contributed by atoms with van der Waals surface area (Å²) >= 11 is 21.8. The Balaban J connectivity index is 0.000000181. The molecule has 4 aliphatic rings. The third-order valence-corrected chi connectivity index (χ3v) is 16.8.